The van der Waals surface area contributed by atoms with Crippen LogP contribution in [0.5, 0.6) is 0 Å². The molecule has 1 aliphatic heterocycles. The number of rotatable bonds is 3. The van der Waals surface area contributed by atoms with Crippen molar-refractivity contribution in [3.63, 3.8) is 0 Å². The van der Waals surface area contributed by atoms with Crippen LogP contribution < -0.4 is 0 Å². The molecule has 3 aromatic rings. The standard InChI is InChI=1S/C23H23FN2/c1-14(2)23-22(15-4-3-5-15)20-10-16-12-25-13-17(16)11-21(20)26(23)19-8-6-18(24)7-9-19/h6-11,13-15H,3-5,12H2,1-2H3. The molecule has 2 aliphatic rings. The molecule has 1 aliphatic carbocycles. The number of hydrogen-bond donors (Lipinski definition) is 0. The number of benzene rings is 2. The minimum absolute atomic E-state index is 0.191. The first-order valence-corrected chi connectivity index (χ1v) is 9.60. The van der Waals surface area contributed by atoms with Crippen molar-refractivity contribution in [2.24, 2.45) is 4.99 Å². The highest BCUT2D eigenvalue weighted by atomic mass is 19.1. The third-order valence-corrected chi connectivity index (χ3v) is 5.94. The van der Waals surface area contributed by atoms with Gasteiger partial charge in [-0.2, -0.15) is 0 Å². The Morgan fingerprint density at radius 3 is 2.54 bits per heavy atom. The molecule has 3 heteroatoms. The lowest BCUT2D eigenvalue weighted by molar-refractivity contribution is 0.417. The Labute approximate surface area is 153 Å². The second kappa shape index (κ2) is 5.80. The number of hydrogen-bond acceptors (Lipinski definition) is 1. The van der Waals surface area contributed by atoms with Gasteiger partial charge in [-0.3, -0.25) is 4.99 Å². The molecule has 2 nitrogen and oxygen atoms in total. The summed E-state index contributed by atoms with van der Waals surface area (Å²) in [5.74, 6) is 0.868. The SMILES string of the molecule is CC(C)c1c(C2CCC2)c2cc3c(cc2n1-c1ccc(F)cc1)C=NC3. The molecule has 0 spiro atoms. The Bertz CT molecular complexity index is 1020. The van der Waals surface area contributed by atoms with Crippen LogP contribution in [-0.4, -0.2) is 10.8 Å². The maximum absolute atomic E-state index is 13.5. The van der Waals surface area contributed by atoms with Crippen molar-refractivity contribution in [3.8, 4) is 5.69 Å². The molecule has 2 aromatic carbocycles. The van der Waals surface area contributed by atoms with Gasteiger partial charge in [0.05, 0.1) is 12.1 Å². The van der Waals surface area contributed by atoms with Crippen molar-refractivity contribution in [2.75, 3.05) is 0 Å². The third-order valence-electron chi connectivity index (χ3n) is 5.94. The van der Waals surface area contributed by atoms with Gasteiger partial charge in [-0.15, -0.1) is 0 Å². The molecule has 2 heterocycles. The van der Waals surface area contributed by atoms with Gasteiger partial charge in [0.15, 0.2) is 0 Å². The summed E-state index contributed by atoms with van der Waals surface area (Å²) in [7, 11) is 0. The second-order valence-electron chi connectivity index (χ2n) is 7.93. The smallest absolute Gasteiger partial charge is 0.123 e. The number of aromatic nitrogens is 1. The lowest BCUT2D eigenvalue weighted by atomic mass is 9.77. The summed E-state index contributed by atoms with van der Waals surface area (Å²) >= 11 is 0. The van der Waals surface area contributed by atoms with Gasteiger partial charge in [-0.05, 0) is 77.8 Å². The van der Waals surface area contributed by atoms with Gasteiger partial charge in [0, 0.05) is 23.0 Å². The largest absolute Gasteiger partial charge is 0.313 e. The molecular formula is C23H23FN2. The van der Waals surface area contributed by atoms with Crippen LogP contribution in [0.1, 0.15) is 67.3 Å². The Hall–Kier alpha value is -2.42. The summed E-state index contributed by atoms with van der Waals surface area (Å²) in [5.41, 5.74) is 7.71. The van der Waals surface area contributed by atoms with Gasteiger partial charge in [0.2, 0.25) is 0 Å². The van der Waals surface area contributed by atoms with E-state index in [2.05, 4.69) is 35.5 Å². The van der Waals surface area contributed by atoms with E-state index < -0.39 is 0 Å². The zero-order valence-corrected chi connectivity index (χ0v) is 15.3. The number of aliphatic imine (C=N–C) groups is 1. The van der Waals surface area contributed by atoms with E-state index in [1.807, 2.05) is 18.3 Å². The molecule has 26 heavy (non-hydrogen) atoms. The number of fused-ring (bicyclic) bond motifs is 2. The van der Waals surface area contributed by atoms with Gasteiger partial charge in [-0.25, -0.2) is 4.39 Å². The van der Waals surface area contributed by atoms with Crippen molar-refractivity contribution in [2.45, 2.75) is 51.5 Å². The zero-order chi connectivity index (χ0) is 17.8. The van der Waals surface area contributed by atoms with Gasteiger partial charge in [0.1, 0.15) is 5.82 Å². The minimum atomic E-state index is -0.191. The molecular weight excluding hydrogens is 323 g/mol. The monoisotopic (exact) mass is 346 g/mol. The van der Waals surface area contributed by atoms with E-state index in [0.29, 0.717) is 11.8 Å². The summed E-state index contributed by atoms with van der Waals surface area (Å²) in [4.78, 5) is 4.45. The highest BCUT2D eigenvalue weighted by Crippen LogP contribution is 2.46. The Balaban J connectivity index is 1.87. The van der Waals surface area contributed by atoms with Crippen LogP contribution in [0, 0.1) is 5.82 Å². The van der Waals surface area contributed by atoms with E-state index in [4.69, 9.17) is 0 Å². The van der Waals surface area contributed by atoms with Crippen molar-refractivity contribution < 1.29 is 4.39 Å². The summed E-state index contributed by atoms with van der Waals surface area (Å²) in [6.07, 6.45) is 5.85. The Morgan fingerprint density at radius 1 is 1.12 bits per heavy atom. The molecule has 1 saturated carbocycles. The van der Waals surface area contributed by atoms with Crippen molar-refractivity contribution in [1.29, 1.82) is 0 Å². The highest BCUT2D eigenvalue weighted by molar-refractivity contribution is 5.96. The summed E-state index contributed by atoms with van der Waals surface area (Å²) in [6.45, 7) is 5.32. The second-order valence-corrected chi connectivity index (χ2v) is 7.93. The molecule has 0 saturated heterocycles. The molecule has 0 bridgehead atoms. The molecule has 0 radical (unpaired) electrons. The molecule has 0 amide bonds. The summed E-state index contributed by atoms with van der Waals surface area (Å²) in [5, 5.41) is 1.37. The predicted octanol–water partition coefficient (Wildman–Crippen LogP) is 6.09. The van der Waals surface area contributed by atoms with Crippen molar-refractivity contribution in [1.82, 2.24) is 4.57 Å². The number of nitrogens with zero attached hydrogens (tertiary/aromatic N) is 2. The zero-order valence-electron chi connectivity index (χ0n) is 15.3. The van der Waals surface area contributed by atoms with Crippen LogP contribution in [0.3, 0.4) is 0 Å². The molecule has 1 fully saturated rings. The third kappa shape index (κ3) is 2.26. The van der Waals surface area contributed by atoms with Crippen LogP contribution in [0.2, 0.25) is 0 Å². The Morgan fingerprint density at radius 2 is 1.88 bits per heavy atom. The van der Waals surface area contributed by atoms with E-state index in [1.54, 1.807) is 12.1 Å². The van der Waals surface area contributed by atoms with E-state index in [9.17, 15) is 4.39 Å². The molecule has 5 rings (SSSR count). The lowest BCUT2D eigenvalue weighted by Crippen LogP contribution is -2.13. The predicted molar refractivity (Wildman–Crippen MR) is 105 cm³/mol. The van der Waals surface area contributed by atoms with Gasteiger partial charge < -0.3 is 4.57 Å². The maximum atomic E-state index is 13.5. The topological polar surface area (TPSA) is 17.3 Å². The van der Waals surface area contributed by atoms with Crippen LogP contribution in [0.25, 0.3) is 16.6 Å². The number of halogens is 1. The molecule has 0 unspecified atom stereocenters. The first-order chi connectivity index (χ1) is 12.6. The average Bonchev–Trinajstić information content (AvgIpc) is 3.15. The fraction of sp³-hybridized carbons (Fsp3) is 0.348. The minimum Gasteiger partial charge on any atom is -0.313 e. The fourth-order valence-corrected chi connectivity index (χ4v) is 4.50. The van der Waals surface area contributed by atoms with Crippen LogP contribution in [0.15, 0.2) is 41.4 Å². The summed E-state index contributed by atoms with van der Waals surface area (Å²) in [6, 6.07) is 11.5. The lowest BCUT2D eigenvalue weighted by Gasteiger charge is -2.28. The van der Waals surface area contributed by atoms with E-state index in [0.717, 1.165) is 12.2 Å². The molecule has 132 valence electrons. The van der Waals surface area contributed by atoms with Gasteiger partial charge >= 0.3 is 0 Å². The molecule has 1 aromatic heterocycles. The van der Waals surface area contributed by atoms with Gasteiger partial charge in [0.25, 0.3) is 0 Å². The van der Waals surface area contributed by atoms with Crippen molar-refractivity contribution >= 4 is 17.1 Å². The quantitative estimate of drug-likeness (QED) is 0.546. The highest BCUT2D eigenvalue weighted by Gasteiger charge is 2.30. The molecule has 0 atom stereocenters. The van der Waals surface area contributed by atoms with Crippen LogP contribution in [-0.2, 0) is 6.54 Å². The van der Waals surface area contributed by atoms with Crippen LogP contribution in [0.4, 0.5) is 4.39 Å². The normalized spacial score (nSPS) is 16.5. The van der Waals surface area contributed by atoms with E-state index in [1.165, 1.54) is 52.5 Å². The van der Waals surface area contributed by atoms with Crippen molar-refractivity contribution in [3.05, 3.63) is 64.6 Å². The van der Waals surface area contributed by atoms with Gasteiger partial charge in [-0.1, -0.05) is 20.3 Å². The first-order valence-electron chi connectivity index (χ1n) is 9.60. The summed E-state index contributed by atoms with van der Waals surface area (Å²) < 4.78 is 15.9. The molecule has 0 N–H and O–H groups in total. The first kappa shape index (κ1) is 15.8. The fourth-order valence-electron chi connectivity index (χ4n) is 4.50. The maximum Gasteiger partial charge on any atom is 0.123 e. The van der Waals surface area contributed by atoms with Crippen LogP contribution >= 0.6 is 0 Å². The average molecular weight is 346 g/mol. The Kier molecular flexibility index (Phi) is 3.53. The van der Waals surface area contributed by atoms with E-state index in [-0.39, 0.29) is 5.82 Å². The van der Waals surface area contributed by atoms with E-state index >= 15 is 0 Å².